The molecule has 2 amide bonds. The number of carbonyl (C=O) groups is 2. The molecule has 2 heterocycles. The maximum absolute atomic E-state index is 12.7. The van der Waals surface area contributed by atoms with E-state index in [1.807, 2.05) is 18.7 Å². The highest BCUT2D eigenvalue weighted by atomic mass is 16.2. The Bertz CT molecular complexity index is 581. The Kier molecular flexibility index (Phi) is 4.14. The minimum atomic E-state index is -0.112. The third kappa shape index (κ3) is 3.13. The molecule has 1 aliphatic carbocycles. The minimum absolute atomic E-state index is 0.0665. The van der Waals surface area contributed by atoms with E-state index < -0.39 is 0 Å². The zero-order chi connectivity index (χ0) is 15.7. The minimum Gasteiger partial charge on any atom is -0.335 e. The van der Waals surface area contributed by atoms with Gasteiger partial charge in [0, 0.05) is 30.3 Å². The standard InChI is InChI=1S/C17H23N3O2/c1-11(2)16(21)19-15-10-13(7-8-18-15)17(22)20-9-3-4-14(20)12-5-6-12/h7-8,10-12,14H,3-6,9H2,1-2H3,(H,18,19,21). The van der Waals surface area contributed by atoms with Crippen LogP contribution in [0.2, 0.25) is 0 Å². The van der Waals surface area contributed by atoms with E-state index in [9.17, 15) is 9.59 Å². The molecule has 0 radical (unpaired) electrons. The second-order valence-electron chi connectivity index (χ2n) is 6.62. The van der Waals surface area contributed by atoms with Crippen molar-refractivity contribution in [1.82, 2.24) is 9.88 Å². The molecule has 0 spiro atoms. The van der Waals surface area contributed by atoms with Gasteiger partial charge in [-0.3, -0.25) is 9.59 Å². The fourth-order valence-electron chi connectivity index (χ4n) is 3.08. The van der Waals surface area contributed by atoms with Crippen molar-refractivity contribution in [2.75, 3.05) is 11.9 Å². The lowest BCUT2D eigenvalue weighted by molar-refractivity contribution is -0.118. The summed E-state index contributed by atoms with van der Waals surface area (Å²) >= 11 is 0. The van der Waals surface area contributed by atoms with Crippen LogP contribution in [-0.2, 0) is 4.79 Å². The van der Waals surface area contributed by atoms with Gasteiger partial charge in [-0.25, -0.2) is 4.98 Å². The van der Waals surface area contributed by atoms with Gasteiger partial charge >= 0.3 is 0 Å². The van der Waals surface area contributed by atoms with Crippen LogP contribution in [0.3, 0.4) is 0 Å². The number of carbonyl (C=O) groups excluding carboxylic acids is 2. The zero-order valence-corrected chi connectivity index (χ0v) is 13.2. The molecule has 2 aliphatic rings. The molecule has 2 fully saturated rings. The molecule has 1 aromatic rings. The maximum Gasteiger partial charge on any atom is 0.254 e. The van der Waals surface area contributed by atoms with Crippen LogP contribution < -0.4 is 5.32 Å². The van der Waals surface area contributed by atoms with Gasteiger partial charge in [-0.15, -0.1) is 0 Å². The van der Waals surface area contributed by atoms with Crippen molar-refractivity contribution in [3.63, 3.8) is 0 Å². The Morgan fingerprint density at radius 1 is 1.32 bits per heavy atom. The number of nitrogens with one attached hydrogen (secondary N) is 1. The third-order valence-corrected chi connectivity index (χ3v) is 4.51. The number of hydrogen-bond acceptors (Lipinski definition) is 3. The lowest BCUT2D eigenvalue weighted by Gasteiger charge is -2.24. The summed E-state index contributed by atoms with van der Waals surface area (Å²) in [6.07, 6.45) is 6.31. The zero-order valence-electron chi connectivity index (χ0n) is 13.2. The van der Waals surface area contributed by atoms with Crippen LogP contribution in [0.25, 0.3) is 0 Å². The summed E-state index contributed by atoms with van der Waals surface area (Å²) in [4.78, 5) is 30.6. The van der Waals surface area contributed by atoms with E-state index in [1.165, 1.54) is 12.8 Å². The van der Waals surface area contributed by atoms with E-state index in [2.05, 4.69) is 10.3 Å². The summed E-state index contributed by atoms with van der Waals surface area (Å²) in [5.74, 6) is 1.02. The number of hydrogen-bond donors (Lipinski definition) is 1. The van der Waals surface area contributed by atoms with Crippen molar-refractivity contribution in [3.8, 4) is 0 Å². The van der Waals surface area contributed by atoms with Gasteiger partial charge in [0.2, 0.25) is 5.91 Å². The van der Waals surface area contributed by atoms with Crippen LogP contribution >= 0.6 is 0 Å². The van der Waals surface area contributed by atoms with Gasteiger partial charge in [-0.05, 0) is 43.7 Å². The van der Waals surface area contributed by atoms with Crippen molar-refractivity contribution in [1.29, 1.82) is 0 Å². The fourth-order valence-corrected chi connectivity index (χ4v) is 3.08. The Hall–Kier alpha value is -1.91. The predicted octanol–water partition coefficient (Wildman–Crippen LogP) is 2.69. The normalized spacial score (nSPS) is 21.2. The number of likely N-dealkylation sites (tertiary alicyclic amines) is 1. The van der Waals surface area contributed by atoms with Gasteiger partial charge in [-0.1, -0.05) is 13.8 Å². The monoisotopic (exact) mass is 301 g/mol. The molecule has 5 heteroatoms. The van der Waals surface area contributed by atoms with E-state index in [0.29, 0.717) is 23.3 Å². The highest BCUT2D eigenvalue weighted by molar-refractivity contribution is 5.97. The molecule has 3 rings (SSSR count). The Morgan fingerprint density at radius 2 is 2.09 bits per heavy atom. The summed E-state index contributed by atoms with van der Waals surface area (Å²) in [6.45, 7) is 4.50. The van der Waals surface area contributed by atoms with Crippen LogP contribution in [0, 0.1) is 11.8 Å². The number of nitrogens with zero attached hydrogens (tertiary/aromatic N) is 2. The second kappa shape index (κ2) is 6.07. The van der Waals surface area contributed by atoms with Crippen LogP contribution in [0.4, 0.5) is 5.82 Å². The summed E-state index contributed by atoms with van der Waals surface area (Å²) < 4.78 is 0. The molecular formula is C17H23N3O2. The lowest BCUT2D eigenvalue weighted by Crippen LogP contribution is -2.36. The molecular weight excluding hydrogens is 278 g/mol. The number of pyridine rings is 1. The molecule has 1 saturated heterocycles. The largest absolute Gasteiger partial charge is 0.335 e. The summed E-state index contributed by atoms with van der Waals surface area (Å²) in [5.41, 5.74) is 0.613. The van der Waals surface area contributed by atoms with E-state index in [1.54, 1.807) is 18.3 Å². The van der Waals surface area contributed by atoms with E-state index in [0.717, 1.165) is 19.4 Å². The Morgan fingerprint density at radius 3 is 2.77 bits per heavy atom. The Balaban J connectivity index is 1.73. The average Bonchev–Trinajstić information content (AvgIpc) is 3.24. The second-order valence-corrected chi connectivity index (χ2v) is 6.62. The van der Waals surface area contributed by atoms with Crippen LogP contribution in [0.5, 0.6) is 0 Å². The van der Waals surface area contributed by atoms with Crippen molar-refractivity contribution >= 4 is 17.6 Å². The highest BCUT2D eigenvalue weighted by Crippen LogP contribution is 2.40. The predicted molar refractivity (Wildman–Crippen MR) is 84.5 cm³/mol. The lowest BCUT2D eigenvalue weighted by atomic mass is 10.1. The van der Waals surface area contributed by atoms with Crippen LogP contribution in [0.1, 0.15) is 49.9 Å². The van der Waals surface area contributed by atoms with Gasteiger partial charge in [-0.2, -0.15) is 0 Å². The number of rotatable bonds is 4. The van der Waals surface area contributed by atoms with E-state index in [4.69, 9.17) is 0 Å². The van der Waals surface area contributed by atoms with Crippen LogP contribution in [0.15, 0.2) is 18.3 Å². The number of anilines is 1. The molecule has 22 heavy (non-hydrogen) atoms. The smallest absolute Gasteiger partial charge is 0.254 e. The molecule has 0 bridgehead atoms. The highest BCUT2D eigenvalue weighted by Gasteiger charge is 2.40. The molecule has 1 saturated carbocycles. The van der Waals surface area contributed by atoms with Crippen molar-refractivity contribution in [2.24, 2.45) is 11.8 Å². The van der Waals surface area contributed by atoms with Crippen molar-refractivity contribution in [3.05, 3.63) is 23.9 Å². The van der Waals surface area contributed by atoms with Gasteiger partial charge in [0.25, 0.3) is 5.91 Å². The average molecular weight is 301 g/mol. The Labute approximate surface area is 131 Å². The molecule has 118 valence electrons. The van der Waals surface area contributed by atoms with E-state index in [-0.39, 0.29) is 17.7 Å². The molecule has 1 aromatic heterocycles. The quantitative estimate of drug-likeness (QED) is 0.930. The number of aromatic nitrogens is 1. The topological polar surface area (TPSA) is 62.3 Å². The van der Waals surface area contributed by atoms with Gasteiger partial charge in [0.15, 0.2) is 0 Å². The van der Waals surface area contributed by atoms with Gasteiger partial charge < -0.3 is 10.2 Å². The molecule has 1 aliphatic heterocycles. The van der Waals surface area contributed by atoms with Crippen molar-refractivity contribution < 1.29 is 9.59 Å². The third-order valence-electron chi connectivity index (χ3n) is 4.51. The first-order valence-electron chi connectivity index (χ1n) is 8.14. The first-order valence-corrected chi connectivity index (χ1v) is 8.14. The van der Waals surface area contributed by atoms with Crippen LogP contribution in [-0.4, -0.2) is 34.3 Å². The summed E-state index contributed by atoms with van der Waals surface area (Å²) in [6, 6.07) is 3.83. The van der Waals surface area contributed by atoms with Gasteiger partial charge in [0.05, 0.1) is 0 Å². The first kappa shape index (κ1) is 15.0. The maximum atomic E-state index is 12.7. The van der Waals surface area contributed by atoms with E-state index >= 15 is 0 Å². The fraction of sp³-hybridized carbons (Fsp3) is 0.588. The summed E-state index contributed by atoms with van der Waals surface area (Å²) in [5, 5.41) is 2.75. The molecule has 1 unspecified atom stereocenters. The number of amides is 2. The van der Waals surface area contributed by atoms with Crippen molar-refractivity contribution in [2.45, 2.75) is 45.6 Å². The molecule has 5 nitrogen and oxygen atoms in total. The molecule has 1 N–H and O–H groups in total. The summed E-state index contributed by atoms with van der Waals surface area (Å²) in [7, 11) is 0. The first-order chi connectivity index (χ1) is 10.6. The molecule has 0 aromatic carbocycles. The van der Waals surface area contributed by atoms with Gasteiger partial charge in [0.1, 0.15) is 5.82 Å². The molecule has 1 atom stereocenters. The SMILES string of the molecule is CC(C)C(=O)Nc1cc(C(=O)N2CCCC2C2CC2)ccn1.